The number of anilines is 2. The van der Waals surface area contributed by atoms with E-state index in [2.05, 4.69) is 40.6 Å². The molecule has 0 radical (unpaired) electrons. The van der Waals surface area contributed by atoms with E-state index in [1.54, 1.807) is 13.3 Å². The minimum atomic E-state index is 0.175. The molecule has 1 N–H and O–H groups in total. The largest absolute Gasteiger partial charge is 0.378 e. The summed E-state index contributed by atoms with van der Waals surface area (Å²) >= 11 is 0. The lowest BCUT2D eigenvalue weighted by molar-refractivity contribution is 0.0967. The first-order valence-corrected chi connectivity index (χ1v) is 12.0. The summed E-state index contributed by atoms with van der Waals surface area (Å²) in [7, 11) is 1.66. The Morgan fingerprint density at radius 2 is 1.86 bits per heavy atom. The SMILES string of the molecule is COCc1cnc(-c2ccc3ccccc3c2)n1-c1ccnc(Nc2cccc(C(=O)C3CC3)c2)n1. The molecule has 7 nitrogen and oxygen atoms in total. The summed E-state index contributed by atoms with van der Waals surface area (Å²) in [6.07, 6.45) is 5.49. The molecule has 0 aliphatic heterocycles. The van der Waals surface area contributed by atoms with Crippen LogP contribution in [0.3, 0.4) is 0 Å². The van der Waals surface area contributed by atoms with E-state index in [4.69, 9.17) is 14.7 Å². The van der Waals surface area contributed by atoms with Gasteiger partial charge in [0.1, 0.15) is 11.6 Å². The van der Waals surface area contributed by atoms with Crippen LogP contribution in [-0.4, -0.2) is 32.4 Å². The number of hydrogen-bond acceptors (Lipinski definition) is 6. The van der Waals surface area contributed by atoms with E-state index in [1.807, 2.05) is 53.2 Å². The average Bonchev–Trinajstić information content (AvgIpc) is 3.68. The number of rotatable bonds is 8. The van der Waals surface area contributed by atoms with Crippen LogP contribution in [0.5, 0.6) is 0 Å². The van der Waals surface area contributed by atoms with Gasteiger partial charge in [0.2, 0.25) is 5.95 Å². The van der Waals surface area contributed by atoms with Gasteiger partial charge in [-0.25, -0.2) is 9.97 Å². The predicted molar refractivity (Wildman–Crippen MR) is 140 cm³/mol. The highest BCUT2D eigenvalue weighted by atomic mass is 16.5. The van der Waals surface area contributed by atoms with Crippen molar-refractivity contribution in [3.8, 4) is 17.2 Å². The molecule has 0 bridgehead atoms. The average molecular weight is 476 g/mol. The van der Waals surface area contributed by atoms with Crippen molar-refractivity contribution in [3.05, 3.63) is 96.4 Å². The number of nitrogens with one attached hydrogen (secondary N) is 1. The van der Waals surface area contributed by atoms with Crippen molar-refractivity contribution >= 4 is 28.2 Å². The van der Waals surface area contributed by atoms with Gasteiger partial charge in [0.25, 0.3) is 0 Å². The third-order valence-corrected chi connectivity index (χ3v) is 6.36. The van der Waals surface area contributed by atoms with Crippen molar-refractivity contribution in [1.29, 1.82) is 0 Å². The molecule has 2 aromatic heterocycles. The molecule has 0 spiro atoms. The smallest absolute Gasteiger partial charge is 0.229 e. The van der Waals surface area contributed by atoms with E-state index in [1.165, 1.54) is 5.39 Å². The normalized spacial score (nSPS) is 13.1. The molecule has 2 heterocycles. The Hall–Kier alpha value is -4.36. The van der Waals surface area contributed by atoms with E-state index in [-0.39, 0.29) is 11.7 Å². The minimum absolute atomic E-state index is 0.175. The zero-order valence-corrected chi connectivity index (χ0v) is 19.9. The van der Waals surface area contributed by atoms with Gasteiger partial charge >= 0.3 is 0 Å². The molecule has 7 heteroatoms. The molecule has 6 rings (SSSR count). The van der Waals surface area contributed by atoms with Crippen LogP contribution in [0.1, 0.15) is 28.9 Å². The van der Waals surface area contributed by atoms with Gasteiger partial charge in [-0.15, -0.1) is 0 Å². The molecule has 0 atom stereocenters. The van der Waals surface area contributed by atoms with Gasteiger partial charge in [0, 0.05) is 36.0 Å². The molecule has 0 amide bonds. The summed E-state index contributed by atoms with van der Waals surface area (Å²) in [6, 6.07) is 23.9. The van der Waals surface area contributed by atoms with Crippen molar-refractivity contribution in [3.63, 3.8) is 0 Å². The van der Waals surface area contributed by atoms with E-state index >= 15 is 0 Å². The summed E-state index contributed by atoms with van der Waals surface area (Å²) in [5, 5.41) is 5.57. The lowest BCUT2D eigenvalue weighted by Crippen LogP contribution is -2.08. The van der Waals surface area contributed by atoms with Gasteiger partial charge in [-0.3, -0.25) is 9.36 Å². The summed E-state index contributed by atoms with van der Waals surface area (Å²) < 4.78 is 7.44. The molecular weight excluding hydrogens is 450 g/mol. The van der Waals surface area contributed by atoms with Crippen molar-refractivity contribution in [1.82, 2.24) is 19.5 Å². The van der Waals surface area contributed by atoms with Crippen molar-refractivity contribution in [2.45, 2.75) is 19.4 Å². The zero-order valence-electron chi connectivity index (χ0n) is 19.9. The Morgan fingerprint density at radius 1 is 1.00 bits per heavy atom. The van der Waals surface area contributed by atoms with Crippen LogP contribution >= 0.6 is 0 Å². The van der Waals surface area contributed by atoms with Crippen molar-refractivity contribution < 1.29 is 9.53 Å². The fraction of sp³-hybridized carbons (Fsp3) is 0.172. The molecule has 3 aromatic carbocycles. The first kappa shape index (κ1) is 22.1. The van der Waals surface area contributed by atoms with Gasteiger partial charge in [-0.1, -0.05) is 48.5 Å². The fourth-order valence-corrected chi connectivity index (χ4v) is 4.42. The zero-order chi connectivity index (χ0) is 24.5. The fourth-order valence-electron chi connectivity index (χ4n) is 4.42. The van der Waals surface area contributed by atoms with Crippen LogP contribution in [0.15, 0.2) is 85.2 Å². The molecule has 36 heavy (non-hydrogen) atoms. The summed E-state index contributed by atoms with van der Waals surface area (Å²) in [4.78, 5) is 26.4. The maximum Gasteiger partial charge on any atom is 0.229 e. The number of nitrogens with zero attached hydrogens (tertiary/aromatic N) is 4. The van der Waals surface area contributed by atoms with E-state index in [0.717, 1.165) is 41.0 Å². The quantitative estimate of drug-likeness (QED) is 0.279. The molecule has 0 unspecified atom stereocenters. The number of aromatic nitrogens is 4. The first-order valence-electron chi connectivity index (χ1n) is 12.0. The Labute approximate surface area is 208 Å². The summed E-state index contributed by atoms with van der Waals surface area (Å²) in [5.74, 6) is 2.26. The van der Waals surface area contributed by atoms with Crippen LogP contribution in [0.2, 0.25) is 0 Å². The first-order chi connectivity index (χ1) is 17.7. The Balaban J connectivity index is 1.36. The van der Waals surface area contributed by atoms with Crippen LogP contribution in [0, 0.1) is 5.92 Å². The van der Waals surface area contributed by atoms with Crippen molar-refractivity contribution in [2.24, 2.45) is 5.92 Å². The van der Waals surface area contributed by atoms with Crippen LogP contribution in [0.4, 0.5) is 11.6 Å². The highest BCUT2D eigenvalue weighted by Gasteiger charge is 2.30. The van der Waals surface area contributed by atoms with Gasteiger partial charge in [0.15, 0.2) is 5.78 Å². The lowest BCUT2D eigenvalue weighted by Gasteiger charge is -2.13. The monoisotopic (exact) mass is 475 g/mol. The van der Waals surface area contributed by atoms with Gasteiger partial charge in [0.05, 0.1) is 18.5 Å². The number of Topliss-reactive ketones (excluding diaryl/α,β-unsaturated/α-hetero) is 1. The van der Waals surface area contributed by atoms with E-state index in [9.17, 15) is 4.79 Å². The maximum atomic E-state index is 12.5. The van der Waals surface area contributed by atoms with E-state index in [0.29, 0.717) is 23.9 Å². The molecule has 1 aliphatic rings. The Kier molecular flexibility index (Phi) is 5.75. The highest BCUT2D eigenvalue weighted by molar-refractivity contribution is 6.00. The maximum absolute atomic E-state index is 12.5. The highest BCUT2D eigenvalue weighted by Crippen LogP contribution is 2.33. The number of carbonyl (C=O) groups is 1. The molecule has 1 aliphatic carbocycles. The minimum Gasteiger partial charge on any atom is -0.378 e. The molecule has 5 aromatic rings. The van der Waals surface area contributed by atoms with Crippen LogP contribution in [0.25, 0.3) is 28.0 Å². The molecule has 1 fully saturated rings. The third kappa shape index (κ3) is 4.36. The standard InChI is InChI=1S/C29H25N5O2/c1-36-18-25-17-31-28(23-12-9-19-5-2-3-6-21(19)15-23)34(25)26-13-14-30-29(33-26)32-24-8-4-7-22(16-24)27(35)20-10-11-20/h2-9,12-17,20H,10-11,18H2,1H3,(H,30,32,33). The number of methoxy groups -OCH3 is 1. The summed E-state index contributed by atoms with van der Waals surface area (Å²) in [6.45, 7) is 0.388. The molecular formula is C29H25N5O2. The molecule has 1 saturated carbocycles. The Bertz CT molecular complexity index is 1570. The van der Waals surface area contributed by atoms with Gasteiger partial charge < -0.3 is 10.1 Å². The lowest BCUT2D eigenvalue weighted by atomic mass is 10.1. The number of benzene rings is 3. The number of ether oxygens (including phenoxy) is 1. The van der Waals surface area contributed by atoms with Gasteiger partial charge in [-0.05, 0) is 47.9 Å². The van der Waals surface area contributed by atoms with Crippen LogP contribution in [-0.2, 0) is 11.3 Å². The molecule has 0 saturated heterocycles. The second kappa shape index (κ2) is 9.36. The van der Waals surface area contributed by atoms with Crippen molar-refractivity contribution in [2.75, 3.05) is 12.4 Å². The summed E-state index contributed by atoms with van der Waals surface area (Å²) in [5.41, 5.74) is 3.35. The number of fused-ring (bicyclic) bond motifs is 1. The third-order valence-electron chi connectivity index (χ3n) is 6.36. The number of imidazole rings is 1. The van der Waals surface area contributed by atoms with Crippen LogP contribution < -0.4 is 5.32 Å². The number of carbonyl (C=O) groups excluding carboxylic acids is 1. The Morgan fingerprint density at radius 3 is 2.69 bits per heavy atom. The number of ketones is 1. The topological polar surface area (TPSA) is 81.9 Å². The van der Waals surface area contributed by atoms with E-state index < -0.39 is 0 Å². The predicted octanol–water partition coefficient (Wildman–Crippen LogP) is 5.97. The second-order valence-electron chi connectivity index (χ2n) is 8.99. The van der Waals surface area contributed by atoms with Gasteiger partial charge in [-0.2, -0.15) is 4.98 Å². The second-order valence-corrected chi connectivity index (χ2v) is 8.99. The molecule has 178 valence electrons. The number of hydrogen-bond donors (Lipinski definition) is 1.